The van der Waals surface area contributed by atoms with Crippen molar-refractivity contribution in [3.63, 3.8) is 0 Å². The second-order valence-corrected chi connectivity index (χ2v) is 5.07. The van der Waals surface area contributed by atoms with Crippen molar-refractivity contribution in [2.45, 2.75) is 31.6 Å². The molecular formula is C13H17F3N2O2. The van der Waals surface area contributed by atoms with Crippen molar-refractivity contribution >= 4 is 5.91 Å². The highest BCUT2D eigenvalue weighted by Gasteiger charge is 2.39. The van der Waals surface area contributed by atoms with Gasteiger partial charge in [0.2, 0.25) is 5.91 Å². The Bertz CT molecular complexity index is 445. The van der Waals surface area contributed by atoms with E-state index in [4.69, 9.17) is 4.42 Å². The summed E-state index contributed by atoms with van der Waals surface area (Å²) < 4.78 is 42.3. The van der Waals surface area contributed by atoms with Gasteiger partial charge in [0.1, 0.15) is 0 Å². The quantitative estimate of drug-likeness (QED) is 0.853. The van der Waals surface area contributed by atoms with Crippen LogP contribution in [0.1, 0.15) is 18.4 Å². The van der Waals surface area contributed by atoms with Crippen molar-refractivity contribution in [3.05, 3.63) is 24.2 Å². The zero-order chi connectivity index (χ0) is 14.8. The molecule has 20 heavy (non-hydrogen) atoms. The van der Waals surface area contributed by atoms with Crippen LogP contribution in [-0.2, 0) is 11.3 Å². The van der Waals surface area contributed by atoms with Gasteiger partial charge in [0.15, 0.2) is 0 Å². The summed E-state index contributed by atoms with van der Waals surface area (Å²) in [6, 6.07) is 1.06. The molecule has 112 valence electrons. The van der Waals surface area contributed by atoms with Gasteiger partial charge in [-0.15, -0.1) is 0 Å². The van der Waals surface area contributed by atoms with Crippen molar-refractivity contribution in [3.8, 4) is 0 Å². The molecule has 1 fully saturated rings. The predicted molar refractivity (Wildman–Crippen MR) is 65.8 cm³/mol. The molecule has 0 saturated carbocycles. The van der Waals surface area contributed by atoms with E-state index >= 15 is 0 Å². The fraction of sp³-hybridized carbons (Fsp3) is 0.615. The summed E-state index contributed by atoms with van der Waals surface area (Å²) in [7, 11) is 1.60. The van der Waals surface area contributed by atoms with Gasteiger partial charge < -0.3 is 9.32 Å². The topological polar surface area (TPSA) is 36.7 Å². The number of likely N-dealkylation sites (tertiary alicyclic amines) is 1. The maximum atomic E-state index is 12.5. The van der Waals surface area contributed by atoms with Gasteiger partial charge in [-0.3, -0.25) is 9.69 Å². The number of nitrogens with zero attached hydrogens (tertiary/aromatic N) is 2. The molecule has 0 radical (unpaired) electrons. The van der Waals surface area contributed by atoms with Gasteiger partial charge >= 0.3 is 6.18 Å². The number of likely N-dealkylation sites (N-methyl/N-ethyl adjacent to an activating group) is 1. The Hall–Kier alpha value is -1.50. The molecule has 0 aromatic carbocycles. The van der Waals surface area contributed by atoms with Gasteiger partial charge in [0.25, 0.3) is 0 Å². The van der Waals surface area contributed by atoms with E-state index < -0.39 is 18.8 Å². The molecule has 1 aliphatic heterocycles. The van der Waals surface area contributed by atoms with Crippen molar-refractivity contribution in [1.82, 2.24) is 9.80 Å². The molecule has 2 heterocycles. The number of carbonyl (C=O) groups is 1. The first-order valence-corrected chi connectivity index (χ1v) is 6.43. The molecule has 2 rings (SSSR count). The number of rotatable bonds is 4. The number of hydrogen-bond donors (Lipinski definition) is 0. The minimum Gasteiger partial charge on any atom is -0.472 e. The van der Waals surface area contributed by atoms with Gasteiger partial charge in [-0.25, -0.2) is 0 Å². The first-order valence-electron chi connectivity index (χ1n) is 6.43. The minimum absolute atomic E-state index is 0.270. The smallest absolute Gasteiger partial charge is 0.401 e. The molecule has 0 N–H and O–H groups in total. The highest BCUT2D eigenvalue weighted by atomic mass is 19.4. The second kappa shape index (κ2) is 5.87. The third kappa shape index (κ3) is 3.75. The van der Waals surface area contributed by atoms with E-state index in [9.17, 15) is 18.0 Å². The number of hydrogen-bond acceptors (Lipinski definition) is 3. The van der Waals surface area contributed by atoms with Crippen molar-refractivity contribution < 1.29 is 22.4 Å². The highest BCUT2D eigenvalue weighted by Crippen LogP contribution is 2.25. The lowest BCUT2D eigenvalue weighted by atomic mass is 10.2. The third-order valence-electron chi connectivity index (χ3n) is 3.41. The van der Waals surface area contributed by atoms with Crippen LogP contribution in [0.25, 0.3) is 0 Å². The fourth-order valence-corrected chi connectivity index (χ4v) is 2.51. The molecule has 1 atom stereocenters. The maximum Gasteiger partial charge on any atom is 0.401 e. The second-order valence-electron chi connectivity index (χ2n) is 5.07. The average Bonchev–Trinajstić information content (AvgIpc) is 2.97. The Morgan fingerprint density at radius 3 is 2.90 bits per heavy atom. The molecule has 0 spiro atoms. The summed E-state index contributed by atoms with van der Waals surface area (Å²) in [5, 5.41) is 0. The lowest BCUT2D eigenvalue weighted by molar-refractivity contribution is -0.154. The van der Waals surface area contributed by atoms with E-state index in [1.54, 1.807) is 13.1 Å². The van der Waals surface area contributed by atoms with Crippen LogP contribution in [0.5, 0.6) is 0 Å². The van der Waals surface area contributed by atoms with E-state index in [0.717, 1.165) is 5.56 Å². The molecule has 1 aromatic rings. The summed E-state index contributed by atoms with van der Waals surface area (Å²) in [6.07, 6.45) is -0.159. The number of furan rings is 1. The van der Waals surface area contributed by atoms with Crippen LogP contribution >= 0.6 is 0 Å². The van der Waals surface area contributed by atoms with E-state index in [1.165, 1.54) is 22.3 Å². The summed E-state index contributed by atoms with van der Waals surface area (Å²) in [5.41, 5.74) is 0.821. The largest absolute Gasteiger partial charge is 0.472 e. The van der Waals surface area contributed by atoms with E-state index in [-0.39, 0.29) is 5.91 Å². The fourth-order valence-electron chi connectivity index (χ4n) is 2.51. The van der Waals surface area contributed by atoms with Crippen LogP contribution in [0, 0.1) is 0 Å². The molecule has 1 amide bonds. The van der Waals surface area contributed by atoms with Gasteiger partial charge in [0.05, 0.1) is 25.1 Å². The Labute approximate surface area is 115 Å². The standard InChI is InChI=1S/C13H17F3N2O2/c1-17(7-10-4-6-20-8-10)12(19)11-3-2-5-18(11)9-13(14,15)16/h4,6,8,11H,2-3,5,7,9H2,1H3. The number of amides is 1. The highest BCUT2D eigenvalue weighted by molar-refractivity contribution is 5.82. The molecule has 1 aromatic heterocycles. The molecule has 1 saturated heterocycles. The zero-order valence-electron chi connectivity index (χ0n) is 11.2. The van der Waals surface area contributed by atoms with Crippen molar-refractivity contribution in [2.24, 2.45) is 0 Å². The van der Waals surface area contributed by atoms with Crippen LogP contribution in [0.2, 0.25) is 0 Å². The lowest BCUT2D eigenvalue weighted by Crippen LogP contribution is -2.46. The summed E-state index contributed by atoms with van der Waals surface area (Å²) in [6.45, 7) is -0.371. The van der Waals surface area contributed by atoms with Crippen LogP contribution in [0.3, 0.4) is 0 Å². The SMILES string of the molecule is CN(Cc1ccoc1)C(=O)C1CCCN1CC(F)(F)F. The van der Waals surface area contributed by atoms with E-state index in [2.05, 4.69) is 0 Å². The zero-order valence-corrected chi connectivity index (χ0v) is 11.2. The molecule has 0 bridgehead atoms. The van der Waals surface area contributed by atoms with Gasteiger partial charge in [-0.1, -0.05) is 0 Å². The summed E-state index contributed by atoms with van der Waals surface area (Å²) >= 11 is 0. The maximum absolute atomic E-state index is 12.5. The number of carbonyl (C=O) groups excluding carboxylic acids is 1. The Morgan fingerprint density at radius 1 is 1.55 bits per heavy atom. The Kier molecular flexibility index (Phi) is 4.37. The number of alkyl halides is 3. The number of halogens is 3. The lowest BCUT2D eigenvalue weighted by Gasteiger charge is -2.28. The Morgan fingerprint density at radius 2 is 2.30 bits per heavy atom. The molecule has 1 unspecified atom stereocenters. The van der Waals surface area contributed by atoms with Gasteiger partial charge in [-0.2, -0.15) is 13.2 Å². The summed E-state index contributed by atoms with van der Waals surface area (Å²) in [5.74, 6) is -0.270. The van der Waals surface area contributed by atoms with Gasteiger partial charge in [-0.05, 0) is 25.5 Å². The molecule has 4 nitrogen and oxygen atoms in total. The first kappa shape index (κ1) is 14.9. The molecular weight excluding hydrogens is 273 g/mol. The van der Waals surface area contributed by atoms with Crippen molar-refractivity contribution in [1.29, 1.82) is 0 Å². The average molecular weight is 290 g/mol. The molecule has 0 aliphatic carbocycles. The molecule has 7 heteroatoms. The monoisotopic (exact) mass is 290 g/mol. The first-order chi connectivity index (χ1) is 9.37. The van der Waals surface area contributed by atoms with Crippen LogP contribution in [0.4, 0.5) is 13.2 Å². The minimum atomic E-state index is -4.27. The third-order valence-corrected chi connectivity index (χ3v) is 3.41. The van der Waals surface area contributed by atoms with Crippen LogP contribution < -0.4 is 0 Å². The van der Waals surface area contributed by atoms with E-state index in [0.29, 0.717) is 25.9 Å². The van der Waals surface area contributed by atoms with Crippen LogP contribution in [0.15, 0.2) is 23.0 Å². The van der Waals surface area contributed by atoms with E-state index in [1.807, 2.05) is 0 Å². The normalized spacial score (nSPS) is 20.3. The van der Waals surface area contributed by atoms with Gasteiger partial charge in [0, 0.05) is 19.2 Å². The Balaban J connectivity index is 1.96. The summed E-state index contributed by atoms with van der Waals surface area (Å²) in [4.78, 5) is 14.9. The predicted octanol–water partition coefficient (Wildman–Crippen LogP) is 2.26. The van der Waals surface area contributed by atoms with Crippen LogP contribution in [-0.4, -0.2) is 48.1 Å². The molecule has 1 aliphatic rings. The van der Waals surface area contributed by atoms with Crippen molar-refractivity contribution in [2.75, 3.05) is 20.1 Å².